The van der Waals surface area contributed by atoms with Gasteiger partial charge in [-0.3, -0.25) is 9.97 Å². The molecule has 0 fully saturated rings. The Morgan fingerprint density at radius 2 is 1.35 bits per heavy atom. The van der Waals surface area contributed by atoms with Crippen molar-refractivity contribution in [3.8, 4) is 11.5 Å². The molecule has 26 heavy (non-hydrogen) atoms. The van der Waals surface area contributed by atoms with Crippen molar-refractivity contribution in [2.75, 3.05) is 24.6 Å². The molecular formula is C17H22N4O2S3. The van der Waals surface area contributed by atoms with Crippen molar-refractivity contribution in [2.45, 2.75) is 11.5 Å². The van der Waals surface area contributed by atoms with E-state index in [1.165, 1.54) is 0 Å². The lowest BCUT2D eigenvalue weighted by molar-refractivity contribution is 0.466. The lowest BCUT2D eigenvalue weighted by Crippen LogP contribution is -2.37. The molecule has 2 rings (SSSR count). The molecule has 9 heteroatoms. The number of thiocarbonyl (C=S) groups is 1. The van der Waals surface area contributed by atoms with E-state index < -0.39 is 0 Å². The van der Waals surface area contributed by atoms with Gasteiger partial charge < -0.3 is 20.8 Å². The highest BCUT2D eigenvalue weighted by Crippen LogP contribution is 2.19. The van der Waals surface area contributed by atoms with Gasteiger partial charge in [0, 0.05) is 48.5 Å². The third kappa shape index (κ3) is 7.67. The van der Waals surface area contributed by atoms with Crippen molar-refractivity contribution in [3.05, 3.63) is 48.0 Å². The molecule has 2 aromatic heterocycles. The Hall–Kier alpha value is -1.71. The molecule has 0 saturated heterocycles. The molecule has 2 aromatic rings. The molecule has 0 aliphatic heterocycles. The van der Waals surface area contributed by atoms with Gasteiger partial charge in [0.1, 0.15) is 11.5 Å². The molecule has 0 atom stereocenters. The first-order valence-corrected chi connectivity index (χ1v) is 10.8. The fourth-order valence-electron chi connectivity index (χ4n) is 1.96. The van der Waals surface area contributed by atoms with Gasteiger partial charge in [0.15, 0.2) is 5.11 Å². The van der Waals surface area contributed by atoms with Crippen LogP contribution in [0.3, 0.4) is 0 Å². The Labute approximate surface area is 167 Å². The molecule has 0 amide bonds. The number of hydrogen-bond acceptors (Lipinski definition) is 7. The number of nitrogens with zero attached hydrogens (tertiary/aromatic N) is 2. The summed E-state index contributed by atoms with van der Waals surface area (Å²) in [6.45, 7) is 1.50. The third-order valence-electron chi connectivity index (χ3n) is 3.27. The Morgan fingerprint density at radius 3 is 1.77 bits per heavy atom. The Morgan fingerprint density at radius 1 is 0.885 bits per heavy atom. The topological polar surface area (TPSA) is 90.3 Å². The third-order valence-corrected chi connectivity index (χ3v) is 5.50. The maximum absolute atomic E-state index is 9.64. The molecular weight excluding hydrogens is 388 g/mol. The van der Waals surface area contributed by atoms with Crippen LogP contribution in [0.5, 0.6) is 11.5 Å². The van der Waals surface area contributed by atoms with E-state index in [4.69, 9.17) is 12.2 Å². The van der Waals surface area contributed by atoms with Crippen molar-refractivity contribution in [2.24, 2.45) is 0 Å². The van der Waals surface area contributed by atoms with Crippen LogP contribution in [-0.4, -0.2) is 49.9 Å². The summed E-state index contributed by atoms with van der Waals surface area (Å²) >= 11 is 8.61. The number of nitrogens with one attached hydrogen (secondary N) is 2. The minimum Gasteiger partial charge on any atom is -0.506 e. The first-order valence-electron chi connectivity index (χ1n) is 8.09. The predicted molar refractivity (Wildman–Crippen MR) is 113 cm³/mol. The molecule has 0 aliphatic rings. The SMILES string of the molecule is Oc1cccnc1CSCCNC(=S)NCCSCc1ncccc1O. The van der Waals surface area contributed by atoms with E-state index in [0.717, 1.165) is 24.6 Å². The molecule has 0 aliphatic carbocycles. The second kappa shape index (κ2) is 11.8. The summed E-state index contributed by atoms with van der Waals surface area (Å²) in [5, 5.41) is 26.2. The van der Waals surface area contributed by atoms with E-state index >= 15 is 0 Å². The van der Waals surface area contributed by atoms with Crippen LogP contribution < -0.4 is 10.6 Å². The van der Waals surface area contributed by atoms with Crippen molar-refractivity contribution >= 4 is 40.9 Å². The van der Waals surface area contributed by atoms with E-state index in [1.54, 1.807) is 60.2 Å². The molecule has 0 radical (unpaired) electrons. The highest BCUT2D eigenvalue weighted by molar-refractivity contribution is 7.98. The van der Waals surface area contributed by atoms with Gasteiger partial charge in [-0.05, 0) is 36.5 Å². The zero-order valence-corrected chi connectivity index (χ0v) is 16.7. The maximum Gasteiger partial charge on any atom is 0.166 e. The zero-order chi connectivity index (χ0) is 18.6. The summed E-state index contributed by atoms with van der Waals surface area (Å²) in [5.41, 5.74) is 1.41. The summed E-state index contributed by atoms with van der Waals surface area (Å²) in [6.07, 6.45) is 3.36. The van der Waals surface area contributed by atoms with Gasteiger partial charge in [-0.15, -0.1) is 0 Å². The fourth-order valence-corrected chi connectivity index (χ4v) is 3.77. The molecule has 0 bridgehead atoms. The standard InChI is InChI=1S/C17H22N4O2S3/c22-15-3-1-5-18-13(15)11-25-9-7-20-17(24)21-8-10-26-12-14-16(23)4-2-6-19-14/h1-6,22-23H,7-12H2,(H2,20,21,24). The molecule has 140 valence electrons. The molecule has 0 aromatic carbocycles. The quantitative estimate of drug-likeness (QED) is 0.348. The van der Waals surface area contributed by atoms with Crippen LogP contribution in [0.1, 0.15) is 11.4 Å². The second-order valence-electron chi connectivity index (χ2n) is 5.23. The van der Waals surface area contributed by atoms with Gasteiger partial charge >= 0.3 is 0 Å². The zero-order valence-electron chi connectivity index (χ0n) is 14.2. The average molecular weight is 411 g/mol. The molecule has 0 unspecified atom stereocenters. The summed E-state index contributed by atoms with van der Waals surface area (Å²) in [4.78, 5) is 8.29. The number of aromatic hydroxyl groups is 2. The van der Waals surface area contributed by atoms with Crippen LogP contribution in [0, 0.1) is 0 Å². The minimum absolute atomic E-state index is 0.238. The molecule has 4 N–H and O–H groups in total. The fraction of sp³-hybridized carbons (Fsp3) is 0.353. The number of aromatic nitrogens is 2. The van der Waals surface area contributed by atoms with Crippen LogP contribution in [0.25, 0.3) is 0 Å². The summed E-state index contributed by atoms with van der Waals surface area (Å²) in [7, 11) is 0. The van der Waals surface area contributed by atoms with Gasteiger partial charge in [-0.25, -0.2) is 0 Å². The largest absolute Gasteiger partial charge is 0.506 e. The van der Waals surface area contributed by atoms with Gasteiger partial charge in [0.2, 0.25) is 0 Å². The lowest BCUT2D eigenvalue weighted by atomic mass is 10.3. The summed E-state index contributed by atoms with van der Waals surface area (Å²) in [6, 6.07) is 6.72. The van der Waals surface area contributed by atoms with E-state index in [1.807, 2.05) is 0 Å². The molecule has 6 nitrogen and oxygen atoms in total. The van der Waals surface area contributed by atoms with Crippen LogP contribution in [0.2, 0.25) is 0 Å². The normalized spacial score (nSPS) is 10.5. The van der Waals surface area contributed by atoms with Gasteiger partial charge in [-0.2, -0.15) is 23.5 Å². The van der Waals surface area contributed by atoms with E-state index in [9.17, 15) is 10.2 Å². The number of rotatable bonds is 10. The predicted octanol–water partition coefficient (Wildman–Crippen LogP) is 2.52. The first-order chi connectivity index (χ1) is 12.7. The average Bonchev–Trinajstić information content (AvgIpc) is 2.64. The molecule has 2 heterocycles. The maximum atomic E-state index is 9.64. The Balaban J connectivity index is 1.48. The van der Waals surface area contributed by atoms with Gasteiger partial charge in [0.25, 0.3) is 0 Å². The van der Waals surface area contributed by atoms with Gasteiger partial charge in [0.05, 0.1) is 11.4 Å². The van der Waals surface area contributed by atoms with Crippen LogP contribution in [0.4, 0.5) is 0 Å². The summed E-state index contributed by atoms with van der Waals surface area (Å²) in [5.74, 6) is 3.55. The lowest BCUT2D eigenvalue weighted by Gasteiger charge is -2.10. The van der Waals surface area contributed by atoms with Gasteiger partial charge in [-0.1, -0.05) is 0 Å². The van der Waals surface area contributed by atoms with Crippen molar-refractivity contribution < 1.29 is 10.2 Å². The van der Waals surface area contributed by atoms with Crippen molar-refractivity contribution in [1.82, 2.24) is 20.6 Å². The summed E-state index contributed by atoms with van der Waals surface area (Å²) < 4.78 is 0. The molecule has 0 spiro atoms. The van der Waals surface area contributed by atoms with Crippen molar-refractivity contribution in [1.29, 1.82) is 0 Å². The van der Waals surface area contributed by atoms with Crippen LogP contribution in [0.15, 0.2) is 36.7 Å². The monoisotopic (exact) mass is 410 g/mol. The van der Waals surface area contributed by atoms with E-state index in [0.29, 0.717) is 28.0 Å². The second-order valence-corrected chi connectivity index (χ2v) is 7.84. The number of pyridine rings is 2. The van der Waals surface area contributed by atoms with Crippen LogP contribution in [-0.2, 0) is 11.5 Å². The highest BCUT2D eigenvalue weighted by Gasteiger charge is 2.03. The van der Waals surface area contributed by atoms with E-state index in [-0.39, 0.29) is 11.5 Å². The van der Waals surface area contributed by atoms with E-state index in [2.05, 4.69) is 20.6 Å². The Kier molecular flexibility index (Phi) is 9.36. The Bertz CT molecular complexity index is 646. The molecule has 0 saturated carbocycles. The number of thioether (sulfide) groups is 2. The van der Waals surface area contributed by atoms with Crippen LogP contribution >= 0.6 is 35.7 Å². The van der Waals surface area contributed by atoms with Crippen molar-refractivity contribution in [3.63, 3.8) is 0 Å². The minimum atomic E-state index is 0.238. The number of hydrogen-bond donors (Lipinski definition) is 4. The first kappa shape index (κ1) is 20.6. The highest BCUT2D eigenvalue weighted by atomic mass is 32.2. The smallest absolute Gasteiger partial charge is 0.166 e.